The van der Waals surface area contributed by atoms with E-state index in [1.54, 1.807) is 18.2 Å². The van der Waals surface area contributed by atoms with Crippen LogP contribution < -0.4 is 5.32 Å². The molecule has 4 rings (SSSR count). The molecule has 2 heterocycles. The monoisotopic (exact) mass is 441 g/mol. The van der Waals surface area contributed by atoms with Crippen molar-refractivity contribution in [3.8, 4) is 5.69 Å². The van der Waals surface area contributed by atoms with E-state index >= 15 is 0 Å². The molecule has 0 spiro atoms. The molecule has 146 valence electrons. The second-order valence-electron chi connectivity index (χ2n) is 6.55. The number of amides is 1. The number of aliphatic imine (C=N–C) groups is 1. The van der Waals surface area contributed by atoms with E-state index in [2.05, 4.69) is 40.0 Å². The number of thioether (sulfide) groups is 1. The molecule has 1 saturated heterocycles. The maximum atomic E-state index is 12.5. The average molecular weight is 442 g/mol. The predicted molar refractivity (Wildman–Crippen MR) is 123 cm³/mol. The Morgan fingerprint density at radius 2 is 1.83 bits per heavy atom. The van der Waals surface area contributed by atoms with Gasteiger partial charge in [-0.1, -0.05) is 47.5 Å². The van der Waals surface area contributed by atoms with Gasteiger partial charge in [-0.3, -0.25) is 4.79 Å². The first kappa shape index (κ1) is 19.8. The quantitative estimate of drug-likeness (QED) is 0.485. The van der Waals surface area contributed by atoms with Gasteiger partial charge in [0, 0.05) is 17.1 Å². The van der Waals surface area contributed by atoms with E-state index in [0.717, 1.165) is 22.6 Å². The van der Waals surface area contributed by atoms with Gasteiger partial charge in [0.2, 0.25) is 0 Å². The zero-order chi connectivity index (χ0) is 20.5. The first-order valence-corrected chi connectivity index (χ1v) is 10.5. The number of hydrogen-bond acceptors (Lipinski definition) is 3. The second-order valence-corrected chi connectivity index (χ2v) is 8.37. The Balaban J connectivity index is 1.65. The number of halogens is 2. The van der Waals surface area contributed by atoms with Crippen molar-refractivity contribution in [3.05, 3.63) is 86.5 Å². The van der Waals surface area contributed by atoms with Gasteiger partial charge in [-0.05, 0) is 67.6 Å². The van der Waals surface area contributed by atoms with Crippen LogP contribution in [-0.2, 0) is 4.79 Å². The third kappa shape index (κ3) is 3.99. The van der Waals surface area contributed by atoms with Crippen LogP contribution in [-0.4, -0.2) is 15.6 Å². The maximum Gasteiger partial charge on any atom is 0.264 e. The van der Waals surface area contributed by atoms with Gasteiger partial charge in [-0.15, -0.1) is 0 Å². The summed E-state index contributed by atoms with van der Waals surface area (Å²) >= 11 is 13.5. The second kappa shape index (κ2) is 8.11. The van der Waals surface area contributed by atoms with Crippen molar-refractivity contribution in [2.75, 3.05) is 0 Å². The van der Waals surface area contributed by atoms with Gasteiger partial charge >= 0.3 is 0 Å². The molecule has 0 aliphatic carbocycles. The molecule has 0 saturated carbocycles. The van der Waals surface area contributed by atoms with Crippen LogP contribution in [0.5, 0.6) is 0 Å². The van der Waals surface area contributed by atoms with E-state index in [1.807, 2.05) is 31.2 Å². The van der Waals surface area contributed by atoms with E-state index < -0.39 is 0 Å². The minimum atomic E-state index is -0.184. The van der Waals surface area contributed by atoms with E-state index in [1.165, 1.54) is 11.8 Å². The fourth-order valence-corrected chi connectivity index (χ4v) is 4.38. The number of carbonyl (C=O) groups is 1. The van der Waals surface area contributed by atoms with Gasteiger partial charge < -0.3 is 9.88 Å². The maximum absolute atomic E-state index is 12.5. The van der Waals surface area contributed by atoms with Crippen LogP contribution in [0.1, 0.15) is 17.0 Å². The minimum absolute atomic E-state index is 0.184. The van der Waals surface area contributed by atoms with Gasteiger partial charge in [0.15, 0.2) is 5.17 Å². The van der Waals surface area contributed by atoms with Crippen LogP contribution in [0.2, 0.25) is 10.0 Å². The van der Waals surface area contributed by atoms with Crippen LogP contribution in [0.25, 0.3) is 11.8 Å². The third-order valence-electron chi connectivity index (χ3n) is 4.58. The molecule has 3 aromatic rings. The molecule has 1 amide bonds. The number of nitrogens with zero attached hydrogens (tertiary/aromatic N) is 2. The summed E-state index contributed by atoms with van der Waals surface area (Å²) in [7, 11) is 0. The number of nitrogens with one attached hydrogen (secondary N) is 1. The molecule has 29 heavy (non-hydrogen) atoms. The van der Waals surface area contributed by atoms with Crippen LogP contribution in [0, 0.1) is 13.8 Å². The van der Waals surface area contributed by atoms with Crippen LogP contribution in [0.15, 0.2) is 64.5 Å². The molecular weight excluding hydrogens is 425 g/mol. The lowest BCUT2D eigenvalue weighted by Crippen LogP contribution is -2.19. The highest BCUT2D eigenvalue weighted by molar-refractivity contribution is 8.18. The molecule has 2 aromatic carbocycles. The fourth-order valence-electron chi connectivity index (χ4n) is 3.22. The number of amidine groups is 1. The predicted octanol–water partition coefficient (Wildman–Crippen LogP) is 6.29. The topological polar surface area (TPSA) is 46.4 Å². The summed E-state index contributed by atoms with van der Waals surface area (Å²) < 4.78 is 2.17. The lowest BCUT2D eigenvalue weighted by molar-refractivity contribution is -0.115. The molecule has 1 aliphatic heterocycles. The molecule has 4 nitrogen and oxygen atoms in total. The highest BCUT2D eigenvalue weighted by Gasteiger charge is 2.25. The number of carbonyl (C=O) groups excluding carboxylic acids is 1. The summed E-state index contributed by atoms with van der Waals surface area (Å²) in [6.45, 7) is 4.10. The summed E-state index contributed by atoms with van der Waals surface area (Å²) in [4.78, 5) is 17.5. The SMILES string of the molecule is Cc1cc(/C=C2\SC(=Nc3cccc(Cl)c3Cl)NC2=O)c(C)n1-c1ccccc1. The Hall–Kier alpha value is -2.47. The minimum Gasteiger partial charge on any atom is -0.318 e. The molecule has 7 heteroatoms. The molecule has 0 atom stereocenters. The summed E-state index contributed by atoms with van der Waals surface area (Å²) in [6.07, 6.45) is 1.89. The van der Waals surface area contributed by atoms with E-state index in [-0.39, 0.29) is 5.91 Å². The number of aryl methyl sites for hydroxylation is 1. The number of para-hydroxylation sites is 1. The smallest absolute Gasteiger partial charge is 0.264 e. The standard InChI is InChI=1S/C22H17Cl2N3OS/c1-13-11-15(14(2)27(13)16-7-4-3-5-8-16)12-19-21(28)26-22(29-19)25-18-10-6-9-17(23)20(18)24/h3-12H,1-2H3,(H,25,26,28)/b19-12-. The van der Waals surface area contributed by atoms with Crippen molar-refractivity contribution >= 4 is 57.8 Å². The zero-order valence-corrected chi connectivity index (χ0v) is 18.1. The number of benzene rings is 2. The van der Waals surface area contributed by atoms with Gasteiger partial charge in [0.25, 0.3) is 5.91 Å². The normalized spacial score (nSPS) is 16.6. The van der Waals surface area contributed by atoms with Crippen LogP contribution in [0.4, 0.5) is 5.69 Å². The number of rotatable bonds is 3. The van der Waals surface area contributed by atoms with E-state index in [0.29, 0.717) is 25.8 Å². The molecule has 1 fully saturated rings. The summed E-state index contributed by atoms with van der Waals surface area (Å²) in [5, 5.41) is 4.05. The molecule has 1 aromatic heterocycles. The van der Waals surface area contributed by atoms with Crippen molar-refractivity contribution in [1.82, 2.24) is 9.88 Å². The van der Waals surface area contributed by atoms with Gasteiger partial charge in [-0.2, -0.15) is 0 Å². The van der Waals surface area contributed by atoms with Crippen molar-refractivity contribution in [2.24, 2.45) is 4.99 Å². The summed E-state index contributed by atoms with van der Waals surface area (Å²) in [5.74, 6) is -0.184. The third-order valence-corrected chi connectivity index (χ3v) is 6.29. The van der Waals surface area contributed by atoms with Gasteiger partial charge in [0.1, 0.15) is 0 Å². The Bertz CT molecular complexity index is 1170. The Morgan fingerprint density at radius 3 is 2.59 bits per heavy atom. The first-order chi connectivity index (χ1) is 13.9. The molecule has 0 bridgehead atoms. The van der Waals surface area contributed by atoms with Crippen molar-refractivity contribution in [3.63, 3.8) is 0 Å². The molecule has 0 unspecified atom stereocenters. The lowest BCUT2D eigenvalue weighted by Gasteiger charge is -2.09. The van der Waals surface area contributed by atoms with E-state index in [9.17, 15) is 4.79 Å². The first-order valence-electron chi connectivity index (χ1n) is 8.92. The van der Waals surface area contributed by atoms with Crippen LogP contribution in [0.3, 0.4) is 0 Å². The highest BCUT2D eigenvalue weighted by Crippen LogP contribution is 2.35. The number of aromatic nitrogens is 1. The summed E-state index contributed by atoms with van der Waals surface area (Å²) in [6, 6.07) is 17.4. The largest absolute Gasteiger partial charge is 0.318 e. The zero-order valence-electron chi connectivity index (χ0n) is 15.7. The average Bonchev–Trinajstić information content (AvgIpc) is 3.18. The summed E-state index contributed by atoms with van der Waals surface area (Å²) in [5.41, 5.74) is 4.77. The number of hydrogen-bond donors (Lipinski definition) is 1. The molecule has 0 radical (unpaired) electrons. The highest BCUT2D eigenvalue weighted by atomic mass is 35.5. The lowest BCUT2D eigenvalue weighted by atomic mass is 10.2. The van der Waals surface area contributed by atoms with Gasteiger partial charge in [0.05, 0.1) is 20.6 Å². The molecule has 1 N–H and O–H groups in total. The molecular formula is C22H17Cl2N3OS. The van der Waals surface area contributed by atoms with E-state index in [4.69, 9.17) is 23.2 Å². The van der Waals surface area contributed by atoms with Crippen molar-refractivity contribution < 1.29 is 4.79 Å². The van der Waals surface area contributed by atoms with Gasteiger partial charge in [-0.25, -0.2) is 4.99 Å². The van der Waals surface area contributed by atoms with Crippen LogP contribution >= 0.6 is 35.0 Å². The molecule has 1 aliphatic rings. The van der Waals surface area contributed by atoms with Crippen molar-refractivity contribution in [1.29, 1.82) is 0 Å². The fraction of sp³-hybridized carbons (Fsp3) is 0.0909. The Labute approximate surface area is 183 Å². The Kier molecular flexibility index (Phi) is 5.54. The Morgan fingerprint density at radius 1 is 1.07 bits per heavy atom. The van der Waals surface area contributed by atoms with Crippen molar-refractivity contribution in [2.45, 2.75) is 13.8 Å².